The third-order valence-electron chi connectivity index (χ3n) is 2.93. The van der Waals surface area contributed by atoms with Crippen LogP contribution in [0.25, 0.3) is 6.08 Å². The second kappa shape index (κ2) is 8.48. The van der Waals surface area contributed by atoms with E-state index in [2.05, 4.69) is 17.1 Å². The van der Waals surface area contributed by atoms with Gasteiger partial charge in [-0.15, -0.1) is 0 Å². The predicted molar refractivity (Wildman–Crippen MR) is 87.6 cm³/mol. The number of carbonyl (C=O) groups is 2. The topological polar surface area (TPSA) is 61.2 Å². The van der Waals surface area contributed by atoms with Gasteiger partial charge in [-0.2, -0.15) is 0 Å². The minimum Gasteiger partial charge on any atom is -0.458 e. The van der Waals surface area contributed by atoms with Crippen LogP contribution in [0.2, 0.25) is 0 Å². The summed E-state index contributed by atoms with van der Waals surface area (Å²) in [5, 5.41) is 0. The molecule has 0 unspecified atom stereocenters. The van der Waals surface area contributed by atoms with E-state index in [9.17, 15) is 9.59 Å². The van der Waals surface area contributed by atoms with E-state index < -0.39 is 5.97 Å². The molecule has 5 nitrogen and oxygen atoms in total. The maximum atomic E-state index is 11.3. The maximum Gasteiger partial charge on any atom is 0.331 e. The first kappa shape index (κ1) is 16.4. The third-order valence-corrected chi connectivity index (χ3v) is 2.93. The van der Waals surface area contributed by atoms with Crippen LogP contribution in [0.3, 0.4) is 0 Å². The van der Waals surface area contributed by atoms with Crippen LogP contribution in [0.4, 0.5) is 0 Å². The standard InChI is InChI=1S/C18H18N2O3/c1-15(21)9-10-18(22)23-11-5-8-17-13-20(14-19-17)12-16-6-3-2-4-7-16/h2-10,13-14H,11-12H2,1H3/b8-5+,10-9+. The summed E-state index contributed by atoms with van der Waals surface area (Å²) in [7, 11) is 0. The molecule has 0 atom stereocenters. The highest BCUT2D eigenvalue weighted by atomic mass is 16.5. The minimum atomic E-state index is -0.542. The molecule has 118 valence electrons. The van der Waals surface area contributed by atoms with Crippen molar-refractivity contribution < 1.29 is 14.3 Å². The molecule has 1 aromatic heterocycles. The molecule has 0 aliphatic rings. The molecule has 0 fully saturated rings. The van der Waals surface area contributed by atoms with E-state index >= 15 is 0 Å². The summed E-state index contributed by atoms with van der Waals surface area (Å²) in [4.78, 5) is 26.2. The monoisotopic (exact) mass is 310 g/mol. The molecule has 0 bridgehead atoms. The van der Waals surface area contributed by atoms with Crippen molar-refractivity contribution in [3.8, 4) is 0 Å². The van der Waals surface area contributed by atoms with E-state index in [-0.39, 0.29) is 12.4 Å². The molecule has 23 heavy (non-hydrogen) atoms. The summed E-state index contributed by atoms with van der Waals surface area (Å²) < 4.78 is 6.90. The van der Waals surface area contributed by atoms with Crippen molar-refractivity contribution in [1.82, 2.24) is 9.55 Å². The summed E-state index contributed by atoms with van der Waals surface area (Å²) >= 11 is 0. The first-order valence-corrected chi connectivity index (χ1v) is 7.21. The number of carbonyl (C=O) groups excluding carboxylic acids is 2. The summed E-state index contributed by atoms with van der Waals surface area (Å²) in [6.45, 7) is 2.26. The molecule has 2 aromatic rings. The van der Waals surface area contributed by atoms with Gasteiger partial charge in [0.25, 0.3) is 0 Å². The Balaban J connectivity index is 1.80. The number of benzene rings is 1. The van der Waals surface area contributed by atoms with Gasteiger partial charge in [0.1, 0.15) is 6.61 Å². The number of rotatable bonds is 7. The molecule has 0 amide bonds. The van der Waals surface area contributed by atoms with Crippen LogP contribution >= 0.6 is 0 Å². The molecular weight excluding hydrogens is 292 g/mol. The molecule has 2 rings (SSSR count). The number of nitrogens with zero attached hydrogens (tertiary/aromatic N) is 2. The Morgan fingerprint density at radius 2 is 2.00 bits per heavy atom. The lowest BCUT2D eigenvalue weighted by Crippen LogP contribution is -2.00. The van der Waals surface area contributed by atoms with Crippen molar-refractivity contribution in [2.45, 2.75) is 13.5 Å². The zero-order chi connectivity index (χ0) is 16.5. The first-order chi connectivity index (χ1) is 11.1. The molecule has 1 aromatic carbocycles. The lowest BCUT2D eigenvalue weighted by atomic mass is 10.2. The van der Waals surface area contributed by atoms with Crippen LogP contribution in [0, 0.1) is 0 Å². The highest BCUT2D eigenvalue weighted by Crippen LogP contribution is 2.05. The Hall–Kier alpha value is -2.95. The third kappa shape index (κ3) is 6.13. The largest absolute Gasteiger partial charge is 0.458 e. The van der Waals surface area contributed by atoms with Gasteiger partial charge in [0.2, 0.25) is 0 Å². The second-order valence-electron chi connectivity index (χ2n) is 4.93. The predicted octanol–water partition coefficient (Wildman–Crippen LogP) is 2.63. The average molecular weight is 310 g/mol. The van der Waals surface area contributed by atoms with Crippen LogP contribution < -0.4 is 0 Å². The molecule has 0 aliphatic carbocycles. The van der Waals surface area contributed by atoms with E-state index in [1.165, 1.54) is 18.6 Å². The number of esters is 1. The summed E-state index contributed by atoms with van der Waals surface area (Å²) in [6.07, 6.45) is 9.45. The number of imidazole rings is 1. The molecular formula is C18H18N2O3. The summed E-state index contributed by atoms with van der Waals surface area (Å²) in [5.74, 6) is -0.735. The smallest absolute Gasteiger partial charge is 0.331 e. The Kier molecular flexibility index (Phi) is 6.06. The van der Waals surface area contributed by atoms with Gasteiger partial charge in [-0.1, -0.05) is 30.3 Å². The second-order valence-corrected chi connectivity index (χ2v) is 4.93. The van der Waals surface area contributed by atoms with E-state index in [0.717, 1.165) is 18.3 Å². The molecule has 0 spiro atoms. The van der Waals surface area contributed by atoms with Gasteiger partial charge in [0.15, 0.2) is 5.78 Å². The van der Waals surface area contributed by atoms with Crippen molar-refractivity contribution in [3.63, 3.8) is 0 Å². The fourth-order valence-corrected chi connectivity index (χ4v) is 1.88. The van der Waals surface area contributed by atoms with E-state index in [1.54, 1.807) is 18.5 Å². The van der Waals surface area contributed by atoms with Crippen molar-refractivity contribution in [2.24, 2.45) is 0 Å². The Labute approximate surface area is 134 Å². The van der Waals surface area contributed by atoms with E-state index in [1.807, 2.05) is 29.0 Å². The van der Waals surface area contributed by atoms with Crippen molar-refractivity contribution >= 4 is 17.8 Å². The van der Waals surface area contributed by atoms with Gasteiger partial charge in [-0.3, -0.25) is 4.79 Å². The molecule has 0 saturated carbocycles. The van der Waals surface area contributed by atoms with Gasteiger partial charge in [0, 0.05) is 18.8 Å². The quantitative estimate of drug-likeness (QED) is 0.582. The van der Waals surface area contributed by atoms with Gasteiger partial charge < -0.3 is 9.30 Å². The van der Waals surface area contributed by atoms with Gasteiger partial charge in [-0.25, -0.2) is 9.78 Å². The highest BCUT2D eigenvalue weighted by molar-refractivity contribution is 5.94. The Morgan fingerprint density at radius 1 is 1.22 bits per heavy atom. The SMILES string of the molecule is CC(=O)/C=C/C(=O)OC/C=C/c1cn(Cc2ccccc2)cn1. The zero-order valence-electron chi connectivity index (χ0n) is 12.9. The lowest BCUT2D eigenvalue weighted by molar-refractivity contribution is -0.136. The molecule has 5 heteroatoms. The highest BCUT2D eigenvalue weighted by Gasteiger charge is 1.98. The molecule has 0 N–H and O–H groups in total. The molecule has 0 aliphatic heterocycles. The van der Waals surface area contributed by atoms with Crippen LogP contribution in [0.15, 0.2) is 61.1 Å². The number of hydrogen-bond donors (Lipinski definition) is 0. The Bertz CT molecular complexity index is 715. The fourth-order valence-electron chi connectivity index (χ4n) is 1.88. The van der Waals surface area contributed by atoms with Crippen molar-refractivity contribution in [1.29, 1.82) is 0 Å². The van der Waals surface area contributed by atoms with Gasteiger partial charge >= 0.3 is 5.97 Å². The average Bonchev–Trinajstić information content (AvgIpc) is 2.98. The maximum absolute atomic E-state index is 11.3. The summed E-state index contributed by atoms with van der Waals surface area (Å²) in [5.41, 5.74) is 1.99. The number of aromatic nitrogens is 2. The van der Waals surface area contributed by atoms with Crippen LogP contribution in [0.1, 0.15) is 18.2 Å². The Morgan fingerprint density at radius 3 is 2.74 bits per heavy atom. The van der Waals surface area contributed by atoms with Crippen molar-refractivity contribution in [3.05, 3.63) is 72.3 Å². The van der Waals surface area contributed by atoms with E-state index in [0.29, 0.717) is 0 Å². The first-order valence-electron chi connectivity index (χ1n) is 7.21. The lowest BCUT2D eigenvalue weighted by Gasteiger charge is -2.00. The van der Waals surface area contributed by atoms with E-state index in [4.69, 9.17) is 4.74 Å². The molecule has 0 saturated heterocycles. The van der Waals surface area contributed by atoms with Crippen LogP contribution in [0.5, 0.6) is 0 Å². The molecule has 0 radical (unpaired) electrons. The normalized spacial score (nSPS) is 11.2. The van der Waals surface area contributed by atoms with Crippen molar-refractivity contribution in [2.75, 3.05) is 6.61 Å². The number of ketones is 1. The van der Waals surface area contributed by atoms with Gasteiger partial charge in [0.05, 0.1) is 12.0 Å². The number of ether oxygens (including phenoxy) is 1. The fraction of sp³-hybridized carbons (Fsp3) is 0.167. The zero-order valence-corrected chi connectivity index (χ0v) is 12.9. The van der Waals surface area contributed by atoms with Gasteiger partial charge in [-0.05, 0) is 30.7 Å². The number of hydrogen-bond acceptors (Lipinski definition) is 4. The molecule has 1 heterocycles. The minimum absolute atomic E-state index is 0.132. The summed E-state index contributed by atoms with van der Waals surface area (Å²) in [6, 6.07) is 10.1. The van der Waals surface area contributed by atoms with Crippen LogP contribution in [-0.4, -0.2) is 27.9 Å². The van der Waals surface area contributed by atoms with Crippen LogP contribution in [-0.2, 0) is 20.9 Å². The number of allylic oxidation sites excluding steroid dienone is 1.